The van der Waals surface area contributed by atoms with Crippen molar-refractivity contribution in [2.24, 2.45) is 0 Å². The average molecular weight is 333 g/mol. The Bertz CT molecular complexity index is 852. The van der Waals surface area contributed by atoms with Gasteiger partial charge in [-0.25, -0.2) is 0 Å². The van der Waals surface area contributed by atoms with Crippen LogP contribution in [0, 0.1) is 0 Å². The van der Waals surface area contributed by atoms with Gasteiger partial charge in [0.1, 0.15) is 5.75 Å². The van der Waals surface area contributed by atoms with E-state index in [1.165, 1.54) is 0 Å². The molecule has 1 unspecified atom stereocenters. The van der Waals surface area contributed by atoms with E-state index in [1.54, 1.807) is 0 Å². The van der Waals surface area contributed by atoms with E-state index in [9.17, 15) is 4.79 Å². The number of rotatable bonds is 3. The van der Waals surface area contributed by atoms with Gasteiger partial charge in [-0.3, -0.25) is 9.46 Å². The van der Waals surface area contributed by atoms with Gasteiger partial charge in [0.2, 0.25) is 8.30 Å². The lowest BCUT2D eigenvalue weighted by Gasteiger charge is -2.35. The first-order valence-corrected chi connectivity index (χ1v) is 9.02. The molecule has 4 heteroatoms. The first-order valence-electron chi connectivity index (χ1n) is 7.81. The van der Waals surface area contributed by atoms with Crippen LogP contribution >= 0.6 is 8.30 Å². The normalized spacial score (nSPS) is 16.4. The van der Waals surface area contributed by atoms with Gasteiger partial charge in [0, 0.05) is 5.30 Å². The molecule has 0 N–H and O–H groups in total. The fourth-order valence-corrected chi connectivity index (χ4v) is 4.55. The third kappa shape index (κ3) is 2.79. The van der Waals surface area contributed by atoms with Gasteiger partial charge in [-0.15, -0.1) is 0 Å². The Morgan fingerprint density at radius 2 is 1.42 bits per heavy atom. The fraction of sp³-hybridized carbons (Fsp3) is 0.0500. The first kappa shape index (κ1) is 14.9. The molecule has 0 saturated heterocycles. The molecule has 1 aliphatic heterocycles. The molecule has 1 amide bonds. The van der Waals surface area contributed by atoms with E-state index in [1.807, 2.05) is 89.6 Å². The lowest BCUT2D eigenvalue weighted by Crippen LogP contribution is -2.34. The zero-order valence-corrected chi connectivity index (χ0v) is 13.9. The molecule has 3 nitrogen and oxygen atoms in total. The molecule has 0 radical (unpaired) electrons. The van der Waals surface area contributed by atoms with E-state index < -0.39 is 8.30 Å². The van der Waals surface area contributed by atoms with E-state index in [0.29, 0.717) is 17.9 Å². The topological polar surface area (TPSA) is 29.5 Å². The summed E-state index contributed by atoms with van der Waals surface area (Å²) in [7, 11) is -1.20. The van der Waals surface area contributed by atoms with Crippen LogP contribution in [-0.2, 0) is 6.54 Å². The van der Waals surface area contributed by atoms with Crippen LogP contribution in [0.5, 0.6) is 5.75 Å². The van der Waals surface area contributed by atoms with Crippen LogP contribution in [-0.4, -0.2) is 10.6 Å². The van der Waals surface area contributed by atoms with Crippen LogP contribution < -0.4 is 9.83 Å². The molecular formula is C20H16NO2P. The second kappa shape index (κ2) is 6.46. The zero-order valence-electron chi connectivity index (χ0n) is 13.0. The number of benzene rings is 3. The first-order chi connectivity index (χ1) is 11.8. The number of fused-ring (bicyclic) bond motifs is 1. The number of hydrogen-bond donors (Lipinski definition) is 0. The van der Waals surface area contributed by atoms with Crippen molar-refractivity contribution < 1.29 is 9.32 Å². The zero-order chi connectivity index (χ0) is 16.4. The Morgan fingerprint density at radius 3 is 2.17 bits per heavy atom. The summed E-state index contributed by atoms with van der Waals surface area (Å²) >= 11 is 0. The maximum absolute atomic E-state index is 13.1. The highest BCUT2D eigenvalue weighted by Gasteiger charge is 2.35. The molecule has 0 aromatic heterocycles. The molecule has 0 spiro atoms. The van der Waals surface area contributed by atoms with Crippen LogP contribution in [0.25, 0.3) is 0 Å². The number of carbonyl (C=O) groups excluding carboxylic acids is 1. The lowest BCUT2D eigenvalue weighted by molar-refractivity contribution is 0.0840. The second-order valence-corrected chi connectivity index (χ2v) is 7.27. The molecular weight excluding hydrogens is 317 g/mol. The summed E-state index contributed by atoms with van der Waals surface area (Å²) in [6.45, 7) is 0.536. The number of para-hydroxylation sites is 1. The van der Waals surface area contributed by atoms with Crippen molar-refractivity contribution in [2.75, 3.05) is 0 Å². The van der Waals surface area contributed by atoms with Gasteiger partial charge in [-0.2, -0.15) is 0 Å². The minimum Gasteiger partial charge on any atom is -0.448 e. The van der Waals surface area contributed by atoms with Crippen LogP contribution in [0.15, 0.2) is 84.9 Å². The van der Waals surface area contributed by atoms with Crippen LogP contribution in [0.4, 0.5) is 0 Å². The molecule has 3 aromatic rings. The van der Waals surface area contributed by atoms with E-state index in [-0.39, 0.29) is 5.91 Å². The maximum atomic E-state index is 13.1. The Morgan fingerprint density at radius 1 is 0.792 bits per heavy atom. The molecule has 24 heavy (non-hydrogen) atoms. The van der Waals surface area contributed by atoms with Gasteiger partial charge >= 0.3 is 0 Å². The highest BCUT2D eigenvalue weighted by Crippen LogP contribution is 2.48. The summed E-state index contributed by atoms with van der Waals surface area (Å²) < 4.78 is 8.09. The largest absolute Gasteiger partial charge is 0.448 e. The van der Waals surface area contributed by atoms with Crippen LogP contribution in [0.1, 0.15) is 15.9 Å². The summed E-state index contributed by atoms with van der Waals surface area (Å²) in [5.41, 5.74) is 1.72. The Labute approximate surface area is 142 Å². The lowest BCUT2D eigenvalue weighted by atomic mass is 10.1. The maximum Gasteiger partial charge on any atom is 0.263 e. The molecule has 0 saturated carbocycles. The molecule has 0 fully saturated rings. The minimum atomic E-state index is -1.20. The second-order valence-electron chi connectivity index (χ2n) is 5.54. The highest BCUT2D eigenvalue weighted by atomic mass is 31.2. The summed E-state index contributed by atoms with van der Waals surface area (Å²) in [4.78, 5) is 13.1. The van der Waals surface area contributed by atoms with E-state index in [2.05, 4.69) is 0 Å². The number of carbonyl (C=O) groups is 1. The molecule has 1 aliphatic rings. The van der Waals surface area contributed by atoms with E-state index in [0.717, 1.165) is 10.9 Å². The van der Waals surface area contributed by atoms with Crippen molar-refractivity contribution in [1.29, 1.82) is 0 Å². The minimum absolute atomic E-state index is 0.0238. The van der Waals surface area contributed by atoms with Gasteiger partial charge in [0.05, 0.1) is 12.1 Å². The third-order valence-electron chi connectivity index (χ3n) is 3.91. The Balaban J connectivity index is 1.76. The van der Waals surface area contributed by atoms with Crippen molar-refractivity contribution in [3.05, 3.63) is 96.1 Å². The summed E-state index contributed by atoms with van der Waals surface area (Å²) in [6.07, 6.45) is 0. The Kier molecular flexibility index (Phi) is 4.02. The fourth-order valence-electron chi connectivity index (χ4n) is 2.73. The van der Waals surface area contributed by atoms with Gasteiger partial charge in [-0.1, -0.05) is 60.7 Å². The van der Waals surface area contributed by atoms with Crippen molar-refractivity contribution in [3.8, 4) is 5.75 Å². The smallest absolute Gasteiger partial charge is 0.263 e. The molecule has 3 aromatic carbocycles. The molecule has 1 atom stereocenters. The molecule has 4 rings (SSSR count). The van der Waals surface area contributed by atoms with Crippen molar-refractivity contribution >= 4 is 19.5 Å². The van der Waals surface area contributed by atoms with Crippen molar-refractivity contribution in [1.82, 2.24) is 4.67 Å². The van der Waals surface area contributed by atoms with Gasteiger partial charge in [0.15, 0.2) is 0 Å². The van der Waals surface area contributed by atoms with Crippen molar-refractivity contribution in [2.45, 2.75) is 6.54 Å². The molecule has 118 valence electrons. The van der Waals surface area contributed by atoms with Crippen LogP contribution in [0.3, 0.4) is 0 Å². The Hall–Kier alpha value is -2.64. The SMILES string of the molecule is O=C1c2ccccc2OP(c2ccccc2)N1Cc1ccccc1. The molecule has 0 bridgehead atoms. The van der Waals surface area contributed by atoms with Gasteiger partial charge in [0.25, 0.3) is 5.91 Å². The number of hydrogen-bond acceptors (Lipinski definition) is 2. The quantitative estimate of drug-likeness (QED) is 0.667. The molecule has 0 aliphatic carbocycles. The molecule has 1 heterocycles. The predicted octanol–water partition coefficient (Wildman–Crippen LogP) is 4.36. The number of nitrogens with zero attached hydrogens (tertiary/aromatic N) is 1. The third-order valence-corrected chi connectivity index (χ3v) is 5.78. The van der Waals surface area contributed by atoms with E-state index >= 15 is 0 Å². The summed E-state index contributed by atoms with van der Waals surface area (Å²) in [5.74, 6) is 0.692. The van der Waals surface area contributed by atoms with Gasteiger partial charge < -0.3 is 4.52 Å². The van der Waals surface area contributed by atoms with E-state index in [4.69, 9.17) is 4.52 Å². The predicted molar refractivity (Wildman–Crippen MR) is 96.4 cm³/mol. The summed E-state index contributed by atoms with van der Waals surface area (Å²) in [6, 6.07) is 27.5. The van der Waals surface area contributed by atoms with Crippen molar-refractivity contribution in [3.63, 3.8) is 0 Å². The van der Waals surface area contributed by atoms with Gasteiger partial charge in [-0.05, 0) is 29.8 Å². The summed E-state index contributed by atoms with van der Waals surface area (Å²) in [5, 5.41) is 1.03. The van der Waals surface area contributed by atoms with Crippen LogP contribution in [0.2, 0.25) is 0 Å². The average Bonchev–Trinajstić information content (AvgIpc) is 2.65. The monoisotopic (exact) mass is 333 g/mol. The number of amides is 1. The standard InChI is InChI=1S/C20H16NO2P/c22-20-18-13-7-8-14-19(18)23-24(17-11-5-2-6-12-17)21(20)15-16-9-3-1-4-10-16/h1-14H,15H2. The highest BCUT2D eigenvalue weighted by molar-refractivity contribution is 7.59.